The molecule has 0 fully saturated rings. The first kappa shape index (κ1) is 14.5. The number of nitrogen functional groups attached to an aromatic ring is 1. The van der Waals surface area contributed by atoms with Crippen LogP contribution in [0.2, 0.25) is 0 Å². The molecule has 0 spiro atoms. The van der Waals surface area contributed by atoms with Gasteiger partial charge in [-0.1, -0.05) is 6.07 Å². The Morgan fingerprint density at radius 3 is 2.67 bits per heavy atom. The second kappa shape index (κ2) is 5.87. The molecule has 0 aliphatic heterocycles. The van der Waals surface area contributed by atoms with Crippen molar-refractivity contribution in [3.8, 4) is 0 Å². The Morgan fingerprint density at radius 1 is 1.39 bits per heavy atom. The number of hydrogen-bond donors (Lipinski definition) is 1. The van der Waals surface area contributed by atoms with Crippen molar-refractivity contribution in [3.05, 3.63) is 29.3 Å². The Labute approximate surface area is 108 Å². The van der Waals surface area contributed by atoms with E-state index in [1.165, 1.54) is 0 Å². The summed E-state index contributed by atoms with van der Waals surface area (Å²) in [6.07, 6.45) is 0.649. The summed E-state index contributed by atoms with van der Waals surface area (Å²) >= 11 is 0. The van der Waals surface area contributed by atoms with Crippen LogP contribution >= 0.6 is 0 Å². The fourth-order valence-electron chi connectivity index (χ4n) is 1.44. The van der Waals surface area contributed by atoms with Crippen molar-refractivity contribution in [1.29, 1.82) is 0 Å². The van der Waals surface area contributed by atoms with E-state index in [1.54, 1.807) is 25.3 Å². The Balaban J connectivity index is 2.59. The molecule has 18 heavy (non-hydrogen) atoms. The second-order valence-electron chi connectivity index (χ2n) is 4.87. The highest BCUT2D eigenvalue weighted by atomic mass is 16.5. The molecular weight excluding hydrogens is 230 g/mol. The van der Waals surface area contributed by atoms with Gasteiger partial charge < -0.3 is 15.2 Å². The summed E-state index contributed by atoms with van der Waals surface area (Å²) in [7, 11) is 1.64. The van der Waals surface area contributed by atoms with Gasteiger partial charge in [-0.05, 0) is 38.5 Å². The van der Waals surface area contributed by atoms with E-state index in [0.29, 0.717) is 24.3 Å². The van der Waals surface area contributed by atoms with Crippen molar-refractivity contribution in [2.75, 3.05) is 19.5 Å². The summed E-state index contributed by atoms with van der Waals surface area (Å²) < 4.78 is 10.5. The lowest BCUT2D eigenvalue weighted by molar-refractivity contribution is -0.00564. The molecule has 0 saturated heterocycles. The van der Waals surface area contributed by atoms with Crippen LogP contribution in [-0.4, -0.2) is 25.3 Å². The topological polar surface area (TPSA) is 61.5 Å². The largest absolute Gasteiger partial charge is 0.462 e. The lowest BCUT2D eigenvalue weighted by atomic mass is 10.1. The van der Waals surface area contributed by atoms with Gasteiger partial charge in [0.1, 0.15) is 0 Å². The molecule has 0 radical (unpaired) electrons. The highest BCUT2D eigenvalue weighted by Gasteiger charge is 2.18. The van der Waals surface area contributed by atoms with E-state index in [1.807, 2.05) is 20.8 Å². The summed E-state index contributed by atoms with van der Waals surface area (Å²) in [4.78, 5) is 11.9. The number of carbonyl (C=O) groups is 1. The van der Waals surface area contributed by atoms with Gasteiger partial charge in [-0.25, -0.2) is 4.79 Å². The van der Waals surface area contributed by atoms with Gasteiger partial charge in [0.25, 0.3) is 0 Å². The maximum absolute atomic E-state index is 11.9. The summed E-state index contributed by atoms with van der Waals surface area (Å²) in [5, 5.41) is 0. The molecule has 0 aromatic heterocycles. The minimum Gasteiger partial charge on any atom is -0.462 e. The SMILES string of the molecule is COC(C)(C)CCOC(=O)c1cccc(N)c1C. The van der Waals surface area contributed by atoms with Crippen LogP contribution in [0.1, 0.15) is 36.2 Å². The van der Waals surface area contributed by atoms with E-state index in [-0.39, 0.29) is 11.6 Å². The number of nitrogens with two attached hydrogens (primary N) is 1. The highest BCUT2D eigenvalue weighted by molar-refractivity contribution is 5.92. The first-order chi connectivity index (χ1) is 8.37. The second-order valence-corrected chi connectivity index (χ2v) is 4.87. The zero-order valence-electron chi connectivity index (χ0n) is 11.4. The Hall–Kier alpha value is -1.55. The van der Waals surface area contributed by atoms with Gasteiger partial charge in [-0.3, -0.25) is 0 Å². The number of ether oxygens (including phenoxy) is 2. The van der Waals surface area contributed by atoms with Gasteiger partial charge in [-0.2, -0.15) is 0 Å². The van der Waals surface area contributed by atoms with Crippen molar-refractivity contribution in [3.63, 3.8) is 0 Å². The fourth-order valence-corrected chi connectivity index (χ4v) is 1.44. The number of carbonyl (C=O) groups excluding carboxylic acids is 1. The third kappa shape index (κ3) is 3.74. The summed E-state index contributed by atoms with van der Waals surface area (Å²) in [5.41, 5.74) is 7.34. The molecule has 1 aromatic rings. The van der Waals surface area contributed by atoms with Gasteiger partial charge in [0.2, 0.25) is 0 Å². The van der Waals surface area contributed by atoms with Gasteiger partial charge in [0.05, 0.1) is 17.8 Å². The number of anilines is 1. The van der Waals surface area contributed by atoms with Crippen LogP contribution in [0.5, 0.6) is 0 Å². The van der Waals surface area contributed by atoms with Crippen LogP contribution < -0.4 is 5.73 Å². The van der Waals surface area contributed by atoms with E-state index in [0.717, 1.165) is 5.56 Å². The highest BCUT2D eigenvalue weighted by Crippen LogP contribution is 2.17. The number of rotatable bonds is 5. The molecule has 0 heterocycles. The fraction of sp³-hybridized carbons (Fsp3) is 0.500. The van der Waals surface area contributed by atoms with Crippen LogP contribution in [0.25, 0.3) is 0 Å². The lowest BCUT2D eigenvalue weighted by Crippen LogP contribution is -2.25. The molecule has 1 rings (SSSR count). The van der Waals surface area contributed by atoms with Crippen molar-refractivity contribution >= 4 is 11.7 Å². The van der Waals surface area contributed by atoms with Crippen molar-refractivity contribution in [2.45, 2.75) is 32.8 Å². The van der Waals surface area contributed by atoms with Crippen molar-refractivity contribution in [2.24, 2.45) is 0 Å². The van der Waals surface area contributed by atoms with Crippen molar-refractivity contribution < 1.29 is 14.3 Å². The van der Waals surface area contributed by atoms with E-state index in [4.69, 9.17) is 15.2 Å². The third-order valence-electron chi connectivity index (χ3n) is 3.09. The molecule has 2 N–H and O–H groups in total. The average molecular weight is 251 g/mol. The lowest BCUT2D eigenvalue weighted by Gasteiger charge is -2.22. The molecule has 0 amide bonds. The van der Waals surface area contributed by atoms with Crippen LogP contribution in [0.4, 0.5) is 5.69 Å². The zero-order valence-corrected chi connectivity index (χ0v) is 11.4. The molecule has 0 unspecified atom stereocenters. The Morgan fingerprint density at radius 2 is 2.06 bits per heavy atom. The molecule has 1 aromatic carbocycles. The predicted molar refractivity (Wildman–Crippen MR) is 71.6 cm³/mol. The van der Waals surface area contributed by atoms with E-state index in [2.05, 4.69) is 0 Å². The molecule has 0 aliphatic carbocycles. The third-order valence-corrected chi connectivity index (χ3v) is 3.09. The first-order valence-corrected chi connectivity index (χ1v) is 5.95. The smallest absolute Gasteiger partial charge is 0.338 e. The minimum atomic E-state index is -0.341. The maximum atomic E-state index is 11.9. The van der Waals surface area contributed by atoms with Crippen LogP contribution in [-0.2, 0) is 9.47 Å². The van der Waals surface area contributed by atoms with E-state index < -0.39 is 0 Å². The summed E-state index contributed by atoms with van der Waals surface area (Å²) in [6.45, 7) is 6.04. The number of methoxy groups -OCH3 is 1. The van der Waals surface area contributed by atoms with Gasteiger partial charge in [0, 0.05) is 19.2 Å². The number of benzene rings is 1. The Bertz CT molecular complexity index is 427. The van der Waals surface area contributed by atoms with E-state index >= 15 is 0 Å². The standard InChI is InChI=1S/C14H21NO3/c1-10-11(6-5-7-12(10)15)13(16)18-9-8-14(2,3)17-4/h5-7H,8-9,15H2,1-4H3. The van der Waals surface area contributed by atoms with Gasteiger partial charge in [0.15, 0.2) is 0 Å². The normalized spacial score (nSPS) is 11.3. The molecule has 100 valence electrons. The van der Waals surface area contributed by atoms with Gasteiger partial charge >= 0.3 is 5.97 Å². The molecular formula is C14H21NO3. The number of hydrogen-bond acceptors (Lipinski definition) is 4. The molecule has 4 heteroatoms. The molecule has 4 nitrogen and oxygen atoms in total. The van der Waals surface area contributed by atoms with E-state index in [9.17, 15) is 4.79 Å². The maximum Gasteiger partial charge on any atom is 0.338 e. The molecule has 0 bridgehead atoms. The van der Waals surface area contributed by atoms with Crippen LogP contribution in [0, 0.1) is 6.92 Å². The molecule has 0 aliphatic rings. The summed E-state index contributed by atoms with van der Waals surface area (Å²) in [5.74, 6) is -0.341. The first-order valence-electron chi connectivity index (χ1n) is 5.95. The van der Waals surface area contributed by atoms with Crippen molar-refractivity contribution in [1.82, 2.24) is 0 Å². The predicted octanol–water partition coefficient (Wildman–Crippen LogP) is 2.55. The van der Waals surface area contributed by atoms with Crippen LogP contribution in [0.15, 0.2) is 18.2 Å². The number of esters is 1. The zero-order chi connectivity index (χ0) is 13.8. The molecule has 0 atom stereocenters. The summed E-state index contributed by atoms with van der Waals surface area (Å²) in [6, 6.07) is 5.23. The monoisotopic (exact) mass is 251 g/mol. The average Bonchev–Trinajstić information content (AvgIpc) is 2.32. The Kier molecular flexibility index (Phi) is 4.73. The van der Waals surface area contributed by atoms with Crippen LogP contribution in [0.3, 0.4) is 0 Å². The quantitative estimate of drug-likeness (QED) is 0.645. The van der Waals surface area contributed by atoms with Gasteiger partial charge in [-0.15, -0.1) is 0 Å². The molecule has 0 saturated carbocycles. The minimum absolute atomic E-state index is 0.287.